The summed E-state index contributed by atoms with van der Waals surface area (Å²) in [4.78, 5) is -0.117. The molecule has 0 bridgehead atoms. The molecule has 114 valence electrons. The molecule has 0 amide bonds. The molecular formula is C11H14F3NO3S2. The summed E-state index contributed by atoms with van der Waals surface area (Å²) in [7, 11) is -5.77. The summed E-state index contributed by atoms with van der Waals surface area (Å²) in [6.45, 7) is -0.239. The van der Waals surface area contributed by atoms with Crippen molar-refractivity contribution in [3.63, 3.8) is 0 Å². The van der Waals surface area contributed by atoms with Crippen LogP contribution in [0.15, 0.2) is 34.1 Å². The molecule has 0 aromatic heterocycles. The zero-order valence-corrected chi connectivity index (χ0v) is 12.2. The van der Waals surface area contributed by atoms with E-state index in [1.165, 1.54) is 0 Å². The molecule has 4 nitrogen and oxygen atoms in total. The van der Waals surface area contributed by atoms with E-state index < -0.39 is 38.5 Å². The topological polar surface area (TPSA) is 77.2 Å². The standard InChI is InChI=1S/C11H14F3NO3S2/c1-20(17,18)9-4-2-8(3-5-9)19(16)10(6-7-15)11(12,13)14/h2-5,10H,6-7,15H2,1H3. The molecule has 1 aromatic carbocycles. The minimum absolute atomic E-state index is 0.0411. The van der Waals surface area contributed by atoms with Gasteiger partial charge >= 0.3 is 6.18 Å². The monoisotopic (exact) mass is 329 g/mol. The molecule has 20 heavy (non-hydrogen) atoms. The predicted molar refractivity (Wildman–Crippen MR) is 69.5 cm³/mol. The smallest absolute Gasteiger partial charge is 0.330 e. The van der Waals surface area contributed by atoms with Crippen LogP contribution in [-0.4, -0.2) is 36.9 Å². The fourth-order valence-electron chi connectivity index (χ4n) is 1.53. The van der Waals surface area contributed by atoms with Crippen molar-refractivity contribution in [2.24, 2.45) is 5.73 Å². The second-order valence-corrected chi connectivity index (χ2v) is 7.80. The van der Waals surface area contributed by atoms with Crippen LogP contribution in [0.25, 0.3) is 0 Å². The van der Waals surface area contributed by atoms with Gasteiger partial charge in [-0.1, -0.05) is 0 Å². The highest BCUT2D eigenvalue weighted by molar-refractivity contribution is 7.90. The van der Waals surface area contributed by atoms with Gasteiger partial charge in [0.2, 0.25) is 0 Å². The van der Waals surface area contributed by atoms with Gasteiger partial charge in [-0.15, -0.1) is 0 Å². The molecule has 0 radical (unpaired) electrons. The first-order valence-electron chi connectivity index (χ1n) is 5.55. The molecule has 0 saturated heterocycles. The lowest BCUT2D eigenvalue weighted by Gasteiger charge is -2.19. The van der Waals surface area contributed by atoms with Crippen LogP contribution < -0.4 is 5.73 Å². The van der Waals surface area contributed by atoms with Crippen LogP contribution >= 0.6 is 0 Å². The SMILES string of the molecule is CS(=O)(=O)c1ccc(S(=O)C(CCN)C(F)(F)F)cc1. The van der Waals surface area contributed by atoms with Gasteiger partial charge in [-0.25, -0.2) is 8.42 Å². The van der Waals surface area contributed by atoms with E-state index in [9.17, 15) is 25.8 Å². The Morgan fingerprint density at radius 3 is 2.10 bits per heavy atom. The quantitative estimate of drug-likeness (QED) is 0.887. The highest BCUT2D eigenvalue weighted by Crippen LogP contribution is 2.30. The molecule has 1 aromatic rings. The van der Waals surface area contributed by atoms with Crippen LogP contribution in [0.2, 0.25) is 0 Å². The summed E-state index contributed by atoms with van der Waals surface area (Å²) in [6.07, 6.45) is -4.10. The Labute approximate surface area is 117 Å². The molecule has 0 aliphatic carbocycles. The van der Waals surface area contributed by atoms with Gasteiger partial charge in [0.1, 0.15) is 5.25 Å². The third-order valence-corrected chi connectivity index (χ3v) is 5.42. The van der Waals surface area contributed by atoms with Crippen molar-refractivity contribution >= 4 is 20.6 Å². The second-order valence-electron chi connectivity index (χ2n) is 4.15. The summed E-state index contributed by atoms with van der Waals surface area (Å²) in [5.74, 6) is 0. The Hall–Kier alpha value is -0.930. The Morgan fingerprint density at radius 2 is 1.75 bits per heavy atom. The molecule has 2 N–H and O–H groups in total. The van der Waals surface area contributed by atoms with Crippen molar-refractivity contribution in [1.29, 1.82) is 0 Å². The molecule has 2 atom stereocenters. The van der Waals surface area contributed by atoms with E-state index in [2.05, 4.69) is 0 Å². The molecule has 0 fully saturated rings. The van der Waals surface area contributed by atoms with Crippen molar-refractivity contribution in [2.45, 2.75) is 27.6 Å². The Morgan fingerprint density at radius 1 is 1.25 bits per heavy atom. The predicted octanol–water partition coefficient (Wildman–Crippen LogP) is 1.48. The molecule has 1 rings (SSSR count). The molecule has 0 aliphatic rings. The maximum atomic E-state index is 12.8. The van der Waals surface area contributed by atoms with E-state index in [1.54, 1.807) is 0 Å². The molecule has 0 spiro atoms. The van der Waals surface area contributed by atoms with E-state index in [4.69, 9.17) is 5.73 Å². The number of hydrogen-bond donors (Lipinski definition) is 1. The zero-order valence-electron chi connectivity index (χ0n) is 10.6. The summed E-state index contributed by atoms with van der Waals surface area (Å²) in [5.41, 5.74) is 5.11. The van der Waals surface area contributed by atoms with Gasteiger partial charge in [0.05, 0.1) is 15.7 Å². The van der Waals surface area contributed by atoms with Gasteiger partial charge in [0.15, 0.2) is 9.84 Å². The van der Waals surface area contributed by atoms with Crippen LogP contribution in [0.1, 0.15) is 6.42 Å². The molecule has 0 saturated carbocycles. The first-order chi connectivity index (χ1) is 9.07. The number of alkyl halides is 3. The second kappa shape index (κ2) is 6.23. The minimum Gasteiger partial charge on any atom is -0.330 e. The van der Waals surface area contributed by atoms with Gasteiger partial charge in [0.25, 0.3) is 0 Å². The lowest BCUT2D eigenvalue weighted by atomic mass is 10.3. The van der Waals surface area contributed by atoms with E-state index in [-0.39, 0.29) is 16.3 Å². The van der Waals surface area contributed by atoms with Gasteiger partial charge < -0.3 is 5.73 Å². The van der Waals surface area contributed by atoms with Crippen LogP contribution in [0.3, 0.4) is 0 Å². The van der Waals surface area contributed by atoms with Crippen LogP contribution in [-0.2, 0) is 20.6 Å². The largest absolute Gasteiger partial charge is 0.403 e. The van der Waals surface area contributed by atoms with Gasteiger partial charge in [-0.3, -0.25) is 4.21 Å². The minimum atomic E-state index is -4.63. The third kappa shape index (κ3) is 4.29. The van der Waals surface area contributed by atoms with Gasteiger partial charge in [-0.05, 0) is 37.2 Å². The average molecular weight is 329 g/mol. The molecular weight excluding hydrogens is 315 g/mol. The Kier molecular flexibility index (Phi) is 5.33. The van der Waals surface area contributed by atoms with E-state index >= 15 is 0 Å². The molecule has 9 heteroatoms. The average Bonchev–Trinajstić information content (AvgIpc) is 2.33. The highest BCUT2D eigenvalue weighted by atomic mass is 32.2. The van der Waals surface area contributed by atoms with Crippen molar-refractivity contribution in [3.8, 4) is 0 Å². The Bertz CT molecular complexity index is 582. The van der Waals surface area contributed by atoms with Crippen molar-refractivity contribution < 1.29 is 25.8 Å². The van der Waals surface area contributed by atoms with Crippen LogP contribution in [0.4, 0.5) is 13.2 Å². The lowest BCUT2D eigenvalue weighted by Crippen LogP contribution is -2.35. The van der Waals surface area contributed by atoms with E-state index in [0.717, 1.165) is 30.5 Å². The third-order valence-electron chi connectivity index (χ3n) is 2.54. The van der Waals surface area contributed by atoms with Crippen molar-refractivity contribution in [2.75, 3.05) is 12.8 Å². The van der Waals surface area contributed by atoms with Crippen LogP contribution in [0, 0.1) is 0 Å². The van der Waals surface area contributed by atoms with Crippen molar-refractivity contribution in [3.05, 3.63) is 24.3 Å². The lowest BCUT2D eigenvalue weighted by molar-refractivity contribution is -0.130. The Balaban J connectivity index is 3.08. The molecule has 0 aliphatic heterocycles. The number of sulfone groups is 1. The number of halogens is 3. The first-order valence-corrected chi connectivity index (χ1v) is 8.65. The van der Waals surface area contributed by atoms with Crippen LogP contribution in [0.5, 0.6) is 0 Å². The van der Waals surface area contributed by atoms with E-state index in [1.807, 2.05) is 0 Å². The number of benzene rings is 1. The first kappa shape index (κ1) is 17.1. The maximum absolute atomic E-state index is 12.8. The number of nitrogens with two attached hydrogens (primary N) is 1. The maximum Gasteiger partial charge on any atom is 0.403 e. The zero-order chi connectivity index (χ0) is 15.6. The summed E-state index contributed by atoms with van der Waals surface area (Å²) < 4.78 is 72.7. The summed E-state index contributed by atoms with van der Waals surface area (Å²) in [5, 5.41) is -2.06. The fourth-order valence-corrected chi connectivity index (χ4v) is 3.48. The normalized spacial score (nSPS) is 15.8. The molecule has 0 heterocycles. The fraction of sp³-hybridized carbons (Fsp3) is 0.455. The number of hydrogen-bond acceptors (Lipinski definition) is 4. The molecule has 2 unspecified atom stereocenters. The number of rotatable bonds is 5. The van der Waals surface area contributed by atoms with Gasteiger partial charge in [0, 0.05) is 11.2 Å². The summed E-state index contributed by atoms with van der Waals surface area (Å²) >= 11 is 0. The van der Waals surface area contributed by atoms with E-state index in [0.29, 0.717) is 0 Å². The summed E-state index contributed by atoms with van der Waals surface area (Å²) in [6, 6.07) is 4.53. The van der Waals surface area contributed by atoms with Crippen molar-refractivity contribution in [1.82, 2.24) is 0 Å². The van der Waals surface area contributed by atoms with Gasteiger partial charge in [-0.2, -0.15) is 13.2 Å². The highest BCUT2D eigenvalue weighted by Gasteiger charge is 2.43.